The molecule has 1 amide bonds. The van der Waals surface area contributed by atoms with Crippen LogP contribution in [0.5, 0.6) is 0 Å². The number of sulfonamides is 1. The van der Waals surface area contributed by atoms with E-state index in [9.17, 15) is 45.0 Å². The van der Waals surface area contributed by atoms with Crippen LogP contribution in [-0.2, 0) is 24.6 Å². The third-order valence-corrected chi connectivity index (χ3v) is 16.1. The Labute approximate surface area is 392 Å². The molecule has 0 bridgehead atoms. The molecule has 2 heterocycles. The number of hydrogen-bond donors (Lipinski definition) is 4. The maximum Gasteiger partial charge on any atom is 0.501 e. The summed E-state index contributed by atoms with van der Waals surface area (Å²) in [7, 11) is -11.0. The molecule has 3 atom stereocenters. The van der Waals surface area contributed by atoms with E-state index >= 15 is 0 Å². The summed E-state index contributed by atoms with van der Waals surface area (Å²) in [5.41, 5.74) is -2.84. The van der Waals surface area contributed by atoms with Gasteiger partial charge in [-0.1, -0.05) is 66.2 Å². The van der Waals surface area contributed by atoms with Crippen molar-refractivity contribution in [2.75, 3.05) is 61.9 Å². The average molecular weight is 988 g/mol. The van der Waals surface area contributed by atoms with E-state index in [1.807, 2.05) is 88.5 Å². The zero-order valence-corrected chi connectivity index (χ0v) is 38.8. The van der Waals surface area contributed by atoms with E-state index in [0.717, 1.165) is 39.4 Å². The van der Waals surface area contributed by atoms with Gasteiger partial charge in [0.2, 0.25) is 0 Å². The Bertz CT molecular complexity index is 2660. The molecule has 5 aromatic carbocycles. The number of rotatable bonds is 17. The highest BCUT2D eigenvalue weighted by molar-refractivity contribution is 7.99. The number of nitrogens with one attached hydrogen (secondary N) is 2. The highest BCUT2D eigenvalue weighted by atomic mass is 35.5. The summed E-state index contributed by atoms with van der Waals surface area (Å²) in [5.74, 6) is -0.793. The number of amides is 1. The van der Waals surface area contributed by atoms with Gasteiger partial charge < -0.3 is 25.2 Å². The molecule has 2 aliphatic rings. The summed E-state index contributed by atoms with van der Waals surface area (Å²) in [4.78, 5) is 16.2. The fourth-order valence-corrected chi connectivity index (χ4v) is 11.3. The van der Waals surface area contributed by atoms with Gasteiger partial charge in [0.25, 0.3) is 25.8 Å². The second-order valence-electron chi connectivity index (χ2n) is 16.2. The molecule has 0 aliphatic carbocycles. The van der Waals surface area contributed by atoms with Crippen LogP contribution in [0.4, 0.5) is 24.5 Å². The van der Waals surface area contributed by atoms with Gasteiger partial charge in [-0.25, -0.2) is 21.6 Å². The summed E-state index contributed by atoms with van der Waals surface area (Å²) < 4.78 is 103. The SMILES string of the molecule is O=C(NS(=O)(=O)c1ccc(N[C@H](CCN2CCO[C@H](CO)C2)CSc2ccccc2)c(S(=O)(=O)C(F)(F)F)c1)c1ccc(N2CCC(C(O)c3ccccc3-c3ccc(Cl)cc3)CC2)cc1. The third-order valence-electron chi connectivity index (χ3n) is 11.8. The highest BCUT2D eigenvalue weighted by Crippen LogP contribution is 2.39. The Kier molecular flexibility index (Phi) is 16.1. The van der Waals surface area contributed by atoms with Crippen molar-refractivity contribution < 1.29 is 49.8 Å². The summed E-state index contributed by atoms with van der Waals surface area (Å²) in [6.07, 6.45) is 0.585. The lowest BCUT2D eigenvalue weighted by molar-refractivity contribution is -0.0529. The molecule has 2 aliphatic heterocycles. The number of halogens is 4. The first kappa shape index (κ1) is 49.3. The lowest BCUT2D eigenvalue weighted by atomic mass is 9.84. The number of sulfone groups is 1. The lowest BCUT2D eigenvalue weighted by Gasteiger charge is -2.36. The molecule has 0 saturated carbocycles. The molecule has 352 valence electrons. The zero-order chi connectivity index (χ0) is 47.1. The molecule has 7 rings (SSSR count). The number of aliphatic hydroxyl groups excluding tert-OH is 2. The topological polar surface area (TPSA) is 166 Å². The van der Waals surface area contributed by atoms with Gasteiger partial charge in [0.1, 0.15) is 4.90 Å². The molecule has 19 heteroatoms. The summed E-state index contributed by atoms with van der Waals surface area (Å²) in [6.45, 7) is 2.83. The Morgan fingerprint density at radius 3 is 2.24 bits per heavy atom. The van der Waals surface area contributed by atoms with Crippen LogP contribution in [0.15, 0.2) is 136 Å². The van der Waals surface area contributed by atoms with Crippen LogP contribution in [0.2, 0.25) is 5.02 Å². The predicted molar refractivity (Wildman–Crippen MR) is 250 cm³/mol. The molecule has 0 radical (unpaired) electrons. The number of carbonyl (C=O) groups is 1. The van der Waals surface area contributed by atoms with Crippen LogP contribution in [0.3, 0.4) is 0 Å². The molecule has 2 fully saturated rings. The maximum atomic E-state index is 14.2. The van der Waals surface area contributed by atoms with Gasteiger partial charge in [-0.2, -0.15) is 13.2 Å². The minimum absolute atomic E-state index is 0.0249. The number of morpholine rings is 1. The number of aliphatic hydroxyl groups is 2. The van der Waals surface area contributed by atoms with Crippen LogP contribution in [-0.4, -0.2) is 107 Å². The van der Waals surface area contributed by atoms with E-state index in [1.165, 1.54) is 23.9 Å². The van der Waals surface area contributed by atoms with Gasteiger partial charge in [0.05, 0.1) is 36.0 Å². The molecule has 0 spiro atoms. The van der Waals surface area contributed by atoms with Gasteiger partial charge in [0, 0.05) is 65.7 Å². The van der Waals surface area contributed by atoms with Crippen LogP contribution >= 0.6 is 23.4 Å². The van der Waals surface area contributed by atoms with E-state index in [2.05, 4.69) is 10.2 Å². The number of carbonyl (C=O) groups excluding carboxylic acids is 1. The van der Waals surface area contributed by atoms with Crippen LogP contribution < -0.4 is 14.9 Å². The molecular formula is C47H50ClF3N4O8S3. The van der Waals surface area contributed by atoms with Crippen molar-refractivity contribution >= 4 is 60.5 Å². The van der Waals surface area contributed by atoms with Crippen molar-refractivity contribution in [3.8, 4) is 11.1 Å². The fourth-order valence-electron chi connectivity index (χ4n) is 8.14. The normalized spacial score (nSPS) is 17.5. The molecule has 12 nitrogen and oxygen atoms in total. The van der Waals surface area contributed by atoms with Gasteiger partial charge in [0.15, 0.2) is 0 Å². The van der Waals surface area contributed by atoms with Crippen LogP contribution in [0.25, 0.3) is 11.1 Å². The molecule has 4 N–H and O–H groups in total. The number of nitrogens with zero attached hydrogens (tertiary/aromatic N) is 2. The van der Waals surface area contributed by atoms with Gasteiger partial charge in [-0.05, 0) is 109 Å². The summed E-state index contributed by atoms with van der Waals surface area (Å²) in [5, 5.41) is 24.7. The highest BCUT2D eigenvalue weighted by Gasteiger charge is 2.48. The Hall–Kier alpha value is -4.66. The molecule has 0 aromatic heterocycles. The van der Waals surface area contributed by atoms with Gasteiger partial charge in [-0.3, -0.25) is 9.69 Å². The van der Waals surface area contributed by atoms with Crippen molar-refractivity contribution in [1.82, 2.24) is 9.62 Å². The summed E-state index contributed by atoms with van der Waals surface area (Å²) >= 11 is 7.50. The number of thioether (sulfide) groups is 1. The molecule has 1 unspecified atom stereocenters. The number of anilines is 2. The fraction of sp³-hybridized carbons (Fsp3) is 0.340. The van der Waals surface area contributed by atoms with E-state index in [0.29, 0.717) is 75.4 Å². The second kappa shape index (κ2) is 21.5. The van der Waals surface area contributed by atoms with Crippen molar-refractivity contribution in [3.63, 3.8) is 0 Å². The largest absolute Gasteiger partial charge is 0.501 e. The van der Waals surface area contributed by atoms with Crippen LogP contribution in [0.1, 0.15) is 41.3 Å². The minimum Gasteiger partial charge on any atom is -0.394 e. The maximum absolute atomic E-state index is 14.2. The van der Waals surface area contributed by atoms with E-state index < -0.39 is 65.0 Å². The molecular weight excluding hydrogens is 937 g/mol. The number of ether oxygens (including phenoxy) is 1. The number of piperidine rings is 1. The van der Waals surface area contributed by atoms with Crippen LogP contribution in [0, 0.1) is 5.92 Å². The second-order valence-corrected chi connectivity index (χ2v) is 21.3. The van der Waals surface area contributed by atoms with Crippen molar-refractivity contribution in [2.24, 2.45) is 5.92 Å². The quantitative estimate of drug-likeness (QED) is 0.0665. The van der Waals surface area contributed by atoms with Crippen molar-refractivity contribution in [1.29, 1.82) is 0 Å². The summed E-state index contributed by atoms with van der Waals surface area (Å²) in [6, 6.07) is 32.3. The first-order valence-corrected chi connectivity index (χ1v) is 25.6. The Morgan fingerprint density at radius 1 is 0.879 bits per heavy atom. The third kappa shape index (κ3) is 12.1. The first-order valence-electron chi connectivity index (χ1n) is 21.3. The average Bonchev–Trinajstić information content (AvgIpc) is 3.32. The molecule has 5 aromatic rings. The number of hydrogen-bond acceptors (Lipinski definition) is 12. The van der Waals surface area contributed by atoms with Gasteiger partial charge >= 0.3 is 5.51 Å². The predicted octanol–water partition coefficient (Wildman–Crippen LogP) is 8.03. The first-order chi connectivity index (χ1) is 31.5. The molecule has 66 heavy (non-hydrogen) atoms. The Morgan fingerprint density at radius 2 is 1.56 bits per heavy atom. The standard InChI is InChI=1S/C47H50ClF3N4O8S3/c48-35-14-10-32(11-15-35)41-8-4-5-9-42(41)45(57)33-20-24-55(25-21-33)37-16-12-34(13-17-37)46(58)53-66(61,62)40-18-19-43(44(28-40)65(59,60)47(49,50)51)52-36(31-64-39-6-2-1-3-7-39)22-23-54-26-27-63-38(29-54)30-56/h1-19,28,33,36,38,45,52,56-57H,20-27,29-31H2,(H,53,58)/t36-,38+,45?/m1/s1. The van der Waals surface area contributed by atoms with Crippen molar-refractivity contribution in [2.45, 2.75) is 57.7 Å². The molecule has 2 saturated heterocycles. The van der Waals surface area contributed by atoms with E-state index in [-0.39, 0.29) is 18.1 Å². The minimum atomic E-state index is -6.11. The number of benzene rings is 5. The van der Waals surface area contributed by atoms with Crippen molar-refractivity contribution in [3.05, 3.63) is 137 Å². The smallest absolute Gasteiger partial charge is 0.394 e. The Balaban J connectivity index is 1.03. The monoisotopic (exact) mass is 986 g/mol. The van der Waals surface area contributed by atoms with E-state index in [4.69, 9.17) is 16.3 Å². The lowest BCUT2D eigenvalue weighted by Crippen LogP contribution is -2.45. The zero-order valence-electron chi connectivity index (χ0n) is 35.6. The van der Waals surface area contributed by atoms with Gasteiger partial charge in [-0.15, -0.1) is 11.8 Å². The number of alkyl halides is 3. The van der Waals surface area contributed by atoms with E-state index in [1.54, 1.807) is 12.1 Å².